The van der Waals surface area contributed by atoms with Gasteiger partial charge in [-0.15, -0.1) is 0 Å². The standard InChI is InChI=1S/C18H19ClN2O2/c1-3-17(22)20-15-5-4-6-16(12(15)2)21-18(23)11-13-7-9-14(19)10-8-13/h4-10H,3,11H2,1-2H3,(H,20,22)(H,21,23). The van der Waals surface area contributed by atoms with E-state index in [4.69, 9.17) is 11.6 Å². The molecule has 2 aromatic rings. The summed E-state index contributed by atoms with van der Waals surface area (Å²) in [6.07, 6.45) is 0.675. The van der Waals surface area contributed by atoms with Gasteiger partial charge < -0.3 is 10.6 Å². The molecule has 0 saturated heterocycles. The van der Waals surface area contributed by atoms with E-state index in [0.717, 1.165) is 11.1 Å². The number of carbonyl (C=O) groups is 2. The second-order valence-corrected chi connectivity index (χ2v) is 5.67. The van der Waals surface area contributed by atoms with Crippen LogP contribution in [0.25, 0.3) is 0 Å². The molecule has 0 aromatic heterocycles. The highest BCUT2D eigenvalue weighted by Gasteiger charge is 2.10. The second kappa shape index (κ2) is 7.79. The number of rotatable bonds is 5. The molecule has 2 aromatic carbocycles. The maximum absolute atomic E-state index is 12.2. The topological polar surface area (TPSA) is 58.2 Å². The molecule has 5 heteroatoms. The molecule has 0 aliphatic carbocycles. The van der Waals surface area contributed by atoms with Gasteiger partial charge in [0.15, 0.2) is 0 Å². The van der Waals surface area contributed by atoms with Crippen molar-refractivity contribution in [1.29, 1.82) is 0 Å². The Morgan fingerprint density at radius 1 is 0.957 bits per heavy atom. The van der Waals surface area contributed by atoms with Gasteiger partial charge in [-0.3, -0.25) is 9.59 Å². The highest BCUT2D eigenvalue weighted by Crippen LogP contribution is 2.23. The third kappa shape index (κ3) is 4.83. The molecule has 0 aliphatic heterocycles. The fraction of sp³-hybridized carbons (Fsp3) is 0.222. The van der Waals surface area contributed by atoms with Gasteiger partial charge in [-0.25, -0.2) is 0 Å². The molecule has 23 heavy (non-hydrogen) atoms. The Balaban J connectivity index is 2.07. The maximum Gasteiger partial charge on any atom is 0.228 e. The zero-order chi connectivity index (χ0) is 16.8. The first-order chi connectivity index (χ1) is 11.0. The lowest BCUT2D eigenvalue weighted by Gasteiger charge is -2.13. The van der Waals surface area contributed by atoms with Gasteiger partial charge in [-0.2, -0.15) is 0 Å². The Hall–Kier alpha value is -2.33. The lowest BCUT2D eigenvalue weighted by molar-refractivity contribution is -0.116. The van der Waals surface area contributed by atoms with Gasteiger partial charge in [0.1, 0.15) is 0 Å². The fourth-order valence-corrected chi connectivity index (χ4v) is 2.25. The summed E-state index contributed by atoms with van der Waals surface area (Å²) in [6.45, 7) is 3.66. The molecule has 0 heterocycles. The van der Waals surface area contributed by atoms with Crippen molar-refractivity contribution in [2.75, 3.05) is 10.6 Å². The van der Waals surface area contributed by atoms with E-state index in [9.17, 15) is 9.59 Å². The molecule has 0 aliphatic rings. The molecule has 2 rings (SSSR count). The molecule has 0 fully saturated rings. The van der Waals surface area contributed by atoms with E-state index in [-0.39, 0.29) is 18.2 Å². The normalized spacial score (nSPS) is 10.2. The van der Waals surface area contributed by atoms with E-state index in [1.54, 1.807) is 25.1 Å². The molecule has 2 amide bonds. The van der Waals surface area contributed by atoms with Gasteiger partial charge in [-0.1, -0.05) is 36.7 Å². The number of anilines is 2. The first-order valence-corrected chi connectivity index (χ1v) is 7.81. The lowest BCUT2D eigenvalue weighted by Crippen LogP contribution is -2.16. The summed E-state index contributed by atoms with van der Waals surface area (Å²) in [6, 6.07) is 12.6. The van der Waals surface area contributed by atoms with Crippen molar-refractivity contribution in [1.82, 2.24) is 0 Å². The summed E-state index contributed by atoms with van der Waals surface area (Å²) in [5.41, 5.74) is 3.12. The van der Waals surface area contributed by atoms with Crippen molar-refractivity contribution in [2.45, 2.75) is 26.7 Å². The summed E-state index contributed by atoms with van der Waals surface area (Å²) in [4.78, 5) is 23.7. The highest BCUT2D eigenvalue weighted by atomic mass is 35.5. The van der Waals surface area contributed by atoms with Crippen LogP contribution < -0.4 is 10.6 Å². The molecule has 0 saturated carbocycles. The Bertz CT molecular complexity index is 711. The van der Waals surface area contributed by atoms with E-state index in [1.165, 1.54) is 0 Å². The van der Waals surface area contributed by atoms with Crippen molar-refractivity contribution >= 4 is 34.8 Å². The number of amides is 2. The van der Waals surface area contributed by atoms with E-state index >= 15 is 0 Å². The van der Waals surface area contributed by atoms with Gasteiger partial charge in [0.05, 0.1) is 6.42 Å². The van der Waals surface area contributed by atoms with Crippen LogP contribution in [0.5, 0.6) is 0 Å². The quantitative estimate of drug-likeness (QED) is 0.864. The maximum atomic E-state index is 12.2. The zero-order valence-corrected chi connectivity index (χ0v) is 13.9. The van der Waals surface area contributed by atoms with Crippen LogP contribution in [0.1, 0.15) is 24.5 Å². The van der Waals surface area contributed by atoms with Crippen molar-refractivity contribution < 1.29 is 9.59 Å². The van der Waals surface area contributed by atoms with Crippen LogP contribution in [0.3, 0.4) is 0 Å². The zero-order valence-electron chi connectivity index (χ0n) is 13.2. The third-order valence-electron chi connectivity index (χ3n) is 3.48. The minimum absolute atomic E-state index is 0.0576. The minimum Gasteiger partial charge on any atom is -0.326 e. The highest BCUT2D eigenvalue weighted by molar-refractivity contribution is 6.30. The second-order valence-electron chi connectivity index (χ2n) is 5.23. The summed E-state index contributed by atoms with van der Waals surface area (Å²) in [5, 5.41) is 6.35. The number of nitrogens with one attached hydrogen (secondary N) is 2. The molecule has 0 radical (unpaired) electrons. The first kappa shape index (κ1) is 17.0. The Kier molecular flexibility index (Phi) is 5.77. The van der Waals surface area contributed by atoms with Crippen LogP contribution in [0.2, 0.25) is 5.02 Å². The Morgan fingerprint density at radius 2 is 1.52 bits per heavy atom. The average molecular weight is 331 g/mol. The van der Waals surface area contributed by atoms with Gasteiger partial charge in [0, 0.05) is 22.8 Å². The Morgan fingerprint density at radius 3 is 2.09 bits per heavy atom. The van der Waals surface area contributed by atoms with Crippen molar-refractivity contribution in [3.8, 4) is 0 Å². The predicted octanol–water partition coefficient (Wildman–Crippen LogP) is 4.18. The molecule has 120 valence electrons. The van der Waals surface area contributed by atoms with Crippen molar-refractivity contribution in [3.63, 3.8) is 0 Å². The Labute approximate surface area is 140 Å². The first-order valence-electron chi connectivity index (χ1n) is 7.43. The predicted molar refractivity (Wildman–Crippen MR) is 93.9 cm³/mol. The van der Waals surface area contributed by atoms with E-state index in [1.807, 2.05) is 31.2 Å². The van der Waals surface area contributed by atoms with Gasteiger partial charge >= 0.3 is 0 Å². The summed E-state index contributed by atoms with van der Waals surface area (Å²) in [5.74, 6) is -0.174. The summed E-state index contributed by atoms with van der Waals surface area (Å²) in [7, 11) is 0. The molecule has 2 N–H and O–H groups in total. The molecule has 0 atom stereocenters. The number of halogens is 1. The van der Waals surface area contributed by atoms with Crippen LogP contribution in [0.15, 0.2) is 42.5 Å². The number of carbonyl (C=O) groups excluding carboxylic acids is 2. The molecule has 0 bridgehead atoms. The van der Waals surface area contributed by atoms with Crippen LogP contribution in [0, 0.1) is 6.92 Å². The monoisotopic (exact) mass is 330 g/mol. The SMILES string of the molecule is CCC(=O)Nc1cccc(NC(=O)Cc2ccc(Cl)cc2)c1C. The van der Waals surface area contributed by atoms with Crippen LogP contribution in [0.4, 0.5) is 11.4 Å². The van der Waals surface area contributed by atoms with Gasteiger partial charge in [0.25, 0.3) is 0 Å². The number of hydrogen-bond donors (Lipinski definition) is 2. The number of benzene rings is 2. The van der Waals surface area contributed by atoms with Crippen LogP contribution in [-0.4, -0.2) is 11.8 Å². The summed E-state index contributed by atoms with van der Waals surface area (Å²) < 4.78 is 0. The molecular weight excluding hydrogens is 312 g/mol. The van der Waals surface area contributed by atoms with Gasteiger partial charge in [-0.05, 0) is 42.3 Å². The minimum atomic E-state index is -0.116. The largest absolute Gasteiger partial charge is 0.326 e. The van der Waals surface area contributed by atoms with E-state index in [0.29, 0.717) is 22.8 Å². The van der Waals surface area contributed by atoms with E-state index < -0.39 is 0 Å². The van der Waals surface area contributed by atoms with Crippen molar-refractivity contribution in [3.05, 3.63) is 58.6 Å². The third-order valence-corrected chi connectivity index (χ3v) is 3.73. The van der Waals surface area contributed by atoms with E-state index in [2.05, 4.69) is 10.6 Å². The lowest BCUT2D eigenvalue weighted by atomic mass is 10.1. The molecule has 4 nitrogen and oxygen atoms in total. The van der Waals surface area contributed by atoms with Crippen LogP contribution in [-0.2, 0) is 16.0 Å². The fourth-order valence-electron chi connectivity index (χ4n) is 2.13. The molecule has 0 unspecified atom stereocenters. The average Bonchev–Trinajstić information content (AvgIpc) is 2.53. The smallest absolute Gasteiger partial charge is 0.228 e. The molecule has 0 spiro atoms. The molecular formula is C18H19ClN2O2. The van der Waals surface area contributed by atoms with Crippen molar-refractivity contribution in [2.24, 2.45) is 0 Å². The van der Waals surface area contributed by atoms with Gasteiger partial charge in [0.2, 0.25) is 11.8 Å². The van der Waals surface area contributed by atoms with Crippen LogP contribution >= 0.6 is 11.6 Å². The number of hydrogen-bond acceptors (Lipinski definition) is 2. The summed E-state index contributed by atoms with van der Waals surface area (Å²) >= 11 is 5.83.